The molecule has 180 valence electrons. The Morgan fingerprint density at radius 1 is 1.06 bits per heavy atom. The third-order valence-electron chi connectivity index (χ3n) is 9.78. The van der Waals surface area contributed by atoms with Crippen molar-refractivity contribution in [1.82, 2.24) is 0 Å². The van der Waals surface area contributed by atoms with Gasteiger partial charge in [0.15, 0.2) is 17.3 Å². The summed E-state index contributed by atoms with van der Waals surface area (Å²) < 4.78 is 5.70. The minimum atomic E-state index is -0.861. The highest BCUT2D eigenvalue weighted by Gasteiger charge is 2.63. The summed E-state index contributed by atoms with van der Waals surface area (Å²) >= 11 is 0. The van der Waals surface area contributed by atoms with Gasteiger partial charge in [-0.05, 0) is 82.4 Å². The van der Waals surface area contributed by atoms with Crippen LogP contribution in [0.15, 0.2) is 34.4 Å². The van der Waals surface area contributed by atoms with Crippen LogP contribution in [0.5, 0.6) is 0 Å². The van der Waals surface area contributed by atoms with Crippen molar-refractivity contribution in [2.24, 2.45) is 16.2 Å². The molecule has 0 saturated carbocycles. The molecule has 34 heavy (non-hydrogen) atoms. The second kappa shape index (κ2) is 7.34. The van der Waals surface area contributed by atoms with Gasteiger partial charge < -0.3 is 4.74 Å². The van der Waals surface area contributed by atoms with Crippen molar-refractivity contribution in [3.8, 4) is 0 Å². The smallest absolute Gasteiger partial charge is 0.190 e. The molecule has 4 heteroatoms. The van der Waals surface area contributed by atoms with E-state index in [1.54, 1.807) is 0 Å². The number of ketones is 3. The number of carbonyl (C=O) groups is 3. The number of aryl methyl sites for hydroxylation is 1. The van der Waals surface area contributed by atoms with Crippen LogP contribution in [-0.4, -0.2) is 30.6 Å². The quantitative estimate of drug-likeness (QED) is 0.519. The van der Waals surface area contributed by atoms with Gasteiger partial charge in [-0.1, -0.05) is 37.1 Å². The lowest BCUT2D eigenvalue weighted by Gasteiger charge is -2.59. The van der Waals surface area contributed by atoms with E-state index in [1.165, 1.54) is 18.1 Å². The summed E-state index contributed by atoms with van der Waals surface area (Å²) in [6.07, 6.45) is 3.24. The summed E-state index contributed by atoms with van der Waals surface area (Å²) in [6.45, 7) is 15.3. The fourth-order valence-corrected chi connectivity index (χ4v) is 8.10. The molecule has 0 amide bonds. The maximum absolute atomic E-state index is 14.3. The van der Waals surface area contributed by atoms with Crippen LogP contribution in [0.2, 0.25) is 0 Å². The molecule has 5 rings (SSSR count). The molecule has 0 N–H and O–H groups in total. The molecule has 0 aromatic heterocycles. The summed E-state index contributed by atoms with van der Waals surface area (Å²) in [4.78, 5) is 40.7. The number of benzene rings is 1. The largest absolute Gasteiger partial charge is 0.381 e. The molecule has 1 aromatic rings. The first-order valence-corrected chi connectivity index (χ1v) is 12.6. The fraction of sp³-hybridized carbons (Fsp3) is 0.567. The predicted octanol–water partition coefficient (Wildman–Crippen LogP) is 5.86. The zero-order chi connectivity index (χ0) is 24.8. The first-order valence-electron chi connectivity index (χ1n) is 12.6. The van der Waals surface area contributed by atoms with Crippen molar-refractivity contribution in [3.63, 3.8) is 0 Å². The maximum Gasteiger partial charge on any atom is 0.190 e. The molecular formula is C30H36O4. The van der Waals surface area contributed by atoms with Gasteiger partial charge in [-0.2, -0.15) is 0 Å². The van der Waals surface area contributed by atoms with Gasteiger partial charge in [-0.3, -0.25) is 14.4 Å². The molecule has 3 aliphatic carbocycles. The van der Waals surface area contributed by atoms with Gasteiger partial charge in [0.2, 0.25) is 0 Å². The zero-order valence-electron chi connectivity index (χ0n) is 21.6. The molecule has 4 unspecified atom stereocenters. The lowest BCUT2D eigenvalue weighted by Crippen LogP contribution is -2.57. The Hall–Kier alpha value is -2.33. The number of carbonyl (C=O) groups excluding carboxylic acids is 3. The van der Waals surface area contributed by atoms with E-state index in [1.807, 2.05) is 27.7 Å². The Morgan fingerprint density at radius 2 is 1.76 bits per heavy atom. The van der Waals surface area contributed by atoms with Crippen LogP contribution in [0.25, 0.3) is 0 Å². The van der Waals surface area contributed by atoms with E-state index < -0.39 is 5.41 Å². The van der Waals surface area contributed by atoms with E-state index in [9.17, 15) is 14.4 Å². The number of rotatable bonds is 2. The number of fused-ring (bicyclic) bond motifs is 3. The van der Waals surface area contributed by atoms with Crippen molar-refractivity contribution >= 4 is 17.3 Å². The highest BCUT2D eigenvalue weighted by Crippen LogP contribution is 2.66. The fourth-order valence-electron chi connectivity index (χ4n) is 8.10. The Balaban J connectivity index is 1.75. The van der Waals surface area contributed by atoms with Gasteiger partial charge >= 0.3 is 0 Å². The lowest BCUT2D eigenvalue weighted by atomic mass is 9.42. The molecule has 4 aliphatic rings. The van der Waals surface area contributed by atoms with E-state index in [0.717, 1.165) is 53.7 Å². The van der Waals surface area contributed by atoms with Crippen molar-refractivity contribution < 1.29 is 19.1 Å². The van der Waals surface area contributed by atoms with E-state index in [0.29, 0.717) is 24.5 Å². The van der Waals surface area contributed by atoms with Crippen LogP contribution in [0.1, 0.15) is 93.8 Å². The van der Waals surface area contributed by atoms with Crippen LogP contribution in [0.3, 0.4) is 0 Å². The first kappa shape index (κ1) is 23.4. The molecule has 0 spiro atoms. The van der Waals surface area contributed by atoms with Gasteiger partial charge in [-0.15, -0.1) is 0 Å². The number of hydrogen-bond donors (Lipinski definition) is 0. The average Bonchev–Trinajstić information content (AvgIpc) is 3.24. The van der Waals surface area contributed by atoms with E-state index >= 15 is 0 Å². The molecule has 1 fully saturated rings. The molecule has 4 nitrogen and oxygen atoms in total. The molecule has 4 atom stereocenters. The molecule has 1 aliphatic heterocycles. The SMILES string of the molecule is CC(=O)C1=C(C)CC2(C)CC3(C)Cc4c(C5CCOC5)ccc(C)c4C(=O)C3=C(C)C2(C)C1=O. The molecule has 1 heterocycles. The number of hydrogen-bond acceptors (Lipinski definition) is 4. The van der Waals surface area contributed by atoms with E-state index in [2.05, 4.69) is 26.0 Å². The van der Waals surface area contributed by atoms with Crippen LogP contribution < -0.4 is 0 Å². The Morgan fingerprint density at radius 3 is 2.38 bits per heavy atom. The van der Waals surface area contributed by atoms with Crippen molar-refractivity contribution in [2.75, 3.05) is 13.2 Å². The number of Topliss-reactive ketones (excluding diaryl/α,β-unsaturated/α-hetero) is 3. The predicted molar refractivity (Wildman–Crippen MR) is 132 cm³/mol. The third-order valence-corrected chi connectivity index (χ3v) is 9.78. The minimum absolute atomic E-state index is 0.0752. The standard InChI is InChI=1S/C30H36O4/c1-16-8-9-21(20-10-11-34-14-20)22-13-28(5)15-29(6)12-17(2)23(19(4)31)27(33)30(29,7)18(3)25(28)26(32)24(16)22/h8-9,20H,10-15H2,1-7H3. The normalized spacial score (nSPS) is 35.3. The molecule has 0 bridgehead atoms. The van der Waals surface area contributed by atoms with Gasteiger partial charge in [0, 0.05) is 29.1 Å². The monoisotopic (exact) mass is 460 g/mol. The lowest BCUT2D eigenvalue weighted by molar-refractivity contribution is -0.134. The summed E-state index contributed by atoms with van der Waals surface area (Å²) in [7, 11) is 0. The first-order chi connectivity index (χ1) is 15.9. The molecular weight excluding hydrogens is 424 g/mol. The Labute approximate surface area is 202 Å². The average molecular weight is 461 g/mol. The number of allylic oxidation sites excluding steroid dienone is 4. The van der Waals surface area contributed by atoms with Gasteiger partial charge in [-0.25, -0.2) is 0 Å². The van der Waals surface area contributed by atoms with Crippen molar-refractivity contribution in [1.29, 1.82) is 0 Å². The Bertz CT molecular complexity index is 1220. The van der Waals surface area contributed by atoms with Crippen LogP contribution >= 0.6 is 0 Å². The third kappa shape index (κ3) is 2.84. The van der Waals surface area contributed by atoms with Crippen molar-refractivity contribution in [3.05, 3.63) is 56.7 Å². The number of ether oxygens (including phenoxy) is 1. The summed E-state index contributed by atoms with van der Waals surface area (Å²) in [5, 5.41) is 0. The van der Waals surface area contributed by atoms with Gasteiger partial charge in [0.25, 0.3) is 0 Å². The second-order valence-corrected chi connectivity index (χ2v) is 12.0. The molecule has 1 aromatic carbocycles. The summed E-state index contributed by atoms with van der Waals surface area (Å²) in [6, 6.07) is 4.28. The minimum Gasteiger partial charge on any atom is -0.381 e. The highest BCUT2D eigenvalue weighted by atomic mass is 16.5. The molecule has 0 radical (unpaired) electrons. The topological polar surface area (TPSA) is 60.4 Å². The summed E-state index contributed by atoms with van der Waals surface area (Å²) in [5.74, 6) is 0.134. The Kier molecular flexibility index (Phi) is 5.05. The van der Waals surface area contributed by atoms with Gasteiger partial charge in [0.05, 0.1) is 17.6 Å². The second-order valence-electron chi connectivity index (χ2n) is 12.0. The zero-order valence-corrected chi connectivity index (χ0v) is 21.6. The van der Waals surface area contributed by atoms with Gasteiger partial charge in [0.1, 0.15) is 0 Å². The van der Waals surface area contributed by atoms with E-state index in [-0.39, 0.29) is 28.2 Å². The van der Waals surface area contributed by atoms with Crippen molar-refractivity contribution in [2.45, 2.75) is 80.1 Å². The maximum atomic E-state index is 14.3. The van der Waals surface area contributed by atoms with Crippen LogP contribution in [-0.2, 0) is 20.7 Å². The summed E-state index contributed by atoms with van der Waals surface area (Å²) in [5.41, 5.74) is 5.61. The highest BCUT2D eigenvalue weighted by molar-refractivity contribution is 6.24. The molecule has 1 saturated heterocycles. The van der Waals surface area contributed by atoms with Crippen LogP contribution in [0, 0.1) is 23.2 Å². The van der Waals surface area contributed by atoms with Crippen LogP contribution in [0.4, 0.5) is 0 Å². The van der Waals surface area contributed by atoms with E-state index in [4.69, 9.17) is 4.74 Å².